The fourth-order valence-electron chi connectivity index (χ4n) is 1.08. The number of H-pyrrole nitrogens is 1. The molecule has 0 radical (unpaired) electrons. The molecule has 0 saturated heterocycles. The van der Waals surface area contributed by atoms with Crippen LogP contribution < -0.4 is 0 Å². The van der Waals surface area contributed by atoms with Gasteiger partial charge in [-0.2, -0.15) is 16.8 Å². The van der Waals surface area contributed by atoms with Crippen LogP contribution in [0.5, 0.6) is 0 Å². The van der Waals surface area contributed by atoms with Crippen molar-refractivity contribution in [2.45, 2.75) is 26.2 Å². The van der Waals surface area contributed by atoms with Gasteiger partial charge in [0.05, 0.1) is 0 Å². The first-order valence-corrected chi connectivity index (χ1v) is 8.12. The highest BCUT2D eigenvalue weighted by Crippen LogP contribution is 2.02. The van der Waals surface area contributed by atoms with Crippen molar-refractivity contribution in [2.24, 2.45) is 0 Å². The molecule has 9 nitrogen and oxygen atoms in total. The molecule has 1 aromatic rings. The molecule has 0 bridgehead atoms. The van der Waals surface area contributed by atoms with Gasteiger partial charge in [-0.05, 0) is 18.9 Å². The molecule has 0 aliphatic rings. The third kappa shape index (κ3) is 10.6. The van der Waals surface area contributed by atoms with Gasteiger partial charge in [0.15, 0.2) is 0 Å². The second-order valence-electron chi connectivity index (χ2n) is 3.52. The third-order valence-electron chi connectivity index (χ3n) is 1.81. The molecule has 20 heavy (non-hydrogen) atoms. The van der Waals surface area contributed by atoms with Crippen LogP contribution in [0.4, 0.5) is 0 Å². The van der Waals surface area contributed by atoms with Crippen molar-refractivity contribution >= 4 is 26.9 Å². The molecule has 1 aromatic heterocycles. The Morgan fingerprint density at radius 3 is 2.20 bits per heavy atom. The fourth-order valence-corrected chi connectivity index (χ4v) is 1.95. The first-order chi connectivity index (χ1) is 9.07. The zero-order valence-corrected chi connectivity index (χ0v) is 12.3. The van der Waals surface area contributed by atoms with E-state index in [-0.39, 0.29) is 0 Å². The van der Waals surface area contributed by atoms with E-state index in [4.69, 9.17) is 9.11 Å². The van der Waals surface area contributed by atoms with Crippen LogP contribution in [-0.2, 0) is 30.8 Å². The first-order valence-electron chi connectivity index (χ1n) is 5.39. The molecule has 0 aliphatic heterocycles. The fraction of sp³-hybridized carbons (Fsp3) is 0.444. The van der Waals surface area contributed by atoms with Gasteiger partial charge in [-0.15, -0.1) is 3.63 Å². The van der Waals surface area contributed by atoms with Gasteiger partial charge < -0.3 is 4.98 Å². The second-order valence-corrected chi connectivity index (χ2v) is 5.78. The molecule has 1 heterocycles. The molecule has 0 spiro atoms. The van der Waals surface area contributed by atoms with Gasteiger partial charge in [0.2, 0.25) is 0 Å². The molecule has 0 amide bonds. The minimum Gasteiger partial charge on any atom is -0.342 e. The predicted octanol–water partition coefficient (Wildman–Crippen LogP) is 1.00. The lowest BCUT2D eigenvalue weighted by Gasteiger charge is -1.91. The Bertz CT molecular complexity index is 588. The third-order valence-corrected chi connectivity index (χ3v) is 3.19. The van der Waals surface area contributed by atoms with E-state index in [2.05, 4.69) is 27.1 Å². The number of hydrogen-bond donors (Lipinski definition) is 3. The Labute approximate surface area is 117 Å². The van der Waals surface area contributed by atoms with E-state index < -0.39 is 20.8 Å². The predicted molar refractivity (Wildman–Crippen MR) is 71.5 cm³/mol. The van der Waals surface area contributed by atoms with Gasteiger partial charge in [0, 0.05) is 11.9 Å². The summed E-state index contributed by atoms with van der Waals surface area (Å²) in [5.74, 6) is 0.871. The number of nitrogens with zero attached hydrogens (tertiary/aromatic N) is 1. The number of nitrogens with one attached hydrogen (secondary N) is 1. The van der Waals surface area contributed by atoms with E-state index in [1.165, 1.54) is 18.5 Å². The molecule has 116 valence electrons. The summed E-state index contributed by atoms with van der Waals surface area (Å²) in [7, 11) is -10.2. The first kappa shape index (κ1) is 18.7. The van der Waals surface area contributed by atoms with Crippen LogP contribution in [0.15, 0.2) is 12.8 Å². The van der Waals surface area contributed by atoms with Crippen molar-refractivity contribution < 1.29 is 29.6 Å². The molecule has 0 aromatic carbocycles. The van der Waals surface area contributed by atoms with Crippen molar-refractivity contribution in [2.75, 3.05) is 0 Å². The summed E-state index contributed by atoms with van der Waals surface area (Å²) in [6.45, 7) is 5.82. The highest BCUT2D eigenvalue weighted by Gasteiger charge is 2.15. The molecule has 11 heteroatoms. The van der Waals surface area contributed by atoms with Gasteiger partial charge in [-0.1, -0.05) is 19.9 Å². The van der Waals surface area contributed by atoms with Crippen molar-refractivity contribution in [3.8, 4) is 0 Å². The number of aromatic amines is 1. The molecule has 0 unspecified atom stereocenters. The van der Waals surface area contributed by atoms with Gasteiger partial charge in [0.25, 0.3) is 0 Å². The second kappa shape index (κ2) is 8.11. The summed E-state index contributed by atoms with van der Waals surface area (Å²) in [5.41, 5.74) is 1.21. The zero-order chi connectivity index (χ0) is 15.8. The van der Waals surface area contributed by atoms with Crippen molar-refractivity contribution in [3.05, 3.63) is 24.3 Å². The summed E-state index contributed by atoms with van der Waals surface area (Å²) in [5, 5.41) is 0. The largest absolute Gasteiger partial charge is 0.413 e. The van der Waals surface area contributed by atoms with E-state index >= 15 is 0 Å². The van der Waals surface area contributed by atoms with Gasteiger partial charge in [-0.25, -0.2) is 4.98 Å². The molecule has 1 rings (SSSR count). The van der Waals surface area contributed by atoms with E-state index in [0.717, 1.165) is 12.2 Å². The maximum atomic E-state index is 9.44. The van der Waals surface area contributed by atoms with Crippen LogP contribution in [-0.4, -0.2) is 35.9 Å². The van der Waals surface area contributed by atoms with Gasteiger partial charge in [0.1, 0.15) is 5.82 Å². The van der Waals surface area contributed by atoms with E-state index in [1.807, 2.05) is 6.20 Å². The van der Waals surface area contributed by atoms with Crippen LogP contribution in [0.2, 0.25) is 0 Å². The lowest BCUT2D eigenvalue weighted by molar-refractivity contribution is 0.344. The summed E-state index contributed by atoms with van der Waals surface area (Å²) in [6, 6.07) is 0. The summed E-state index contributed by atoms with van der Waals surface area (Å²) in [6.07, 6.45) is 7.15. The Kier molecular flexibility index (Phi) is 7.60. The molecule has 3 N–H and O–H groups in total. The Balaban J connectivity index is 0.000000370. The summed E-state index contributed by atoms with van der Waals surface area (Å²) >= 11 is 0. The number of rotatable bonds is 6. The number of unbranched alkanes of at least 4 members (excludes halogenated alkanes) is 1. The highest BCUT2D eigenvalue weighted by molar-refractivity contribution is 7.94. The number of imidazole rings is 1. The maximum Gasteiger partial charge on any atom is 0.413 e. The molecular formula is C9H16N2O7S2. The van der Waals surface area contributed by atoms with Crippen LogP contribution >= 0.6 is 0 Å². The molecule has 0 atom stereocenters. The van der Waals surface area contributed by atoms with Crippen molar-refractivity contribution in [3.63, 3.8) is 0 Å². The molecular weight excluding hydrogens is 312 g/mol. The quantitative estimate of drug-likeness (QED) is 0.655. The lowest BCUT2D eigenvalue weighted by Crippen LogP contribution is -2.10. The standard InChI is InChI=1S/C9H14N2.H2O7S2/c1-3-5-6-8-7-10-9(4-2)11-8;1-8(2,3)7-9(4,5)6/h4,7H,2-3,5-6H2,1H3,(H,10,11);(H,1,2,3)(H,4,5,6). The van der Waals surface area contributed by atoms with Gasteiger partial charge >= 0.3 is 20.8 Å². The minimum absolute atomic E-state index is 0.871. The minimum atomic E-state index is -5.12. The number of aromatic nitrogens is 2. The average molecular weight is 328 g/mol. The molecule has 0 fully saturated rings. The summed E-state index contributed by atoms with van der Waals surface area (Å²) in [4.78, 5) is 7.28. The van der Waals surface area contributed by atoms with E-state index in [1.54, 1.807) is 6.08 Å². The Morgan fingerprint density at radius 1 is 1.35 bits per heavy atom. The summed E-state index contributed by atoms with van der Waals surface area (Å²) < 4.78 is 55.6. The zero-order valence-electron chi connectivity index (χ0n) is 10.7. The van der Waals surface area contributed by atoms with Gasteiger partial charge in [-0.3, -0.25) is 9.11 Å². The van der Waals surface area contributed by atoms with Crippen LogP contribution in [0.1, 0.15) is 31.3 Å². The maximum absolute atomic E-state index is 9.44. The van der Waals surface area contributed by atoms with Crippen LogP contribution in [0, 0.1) is 0 Å². The Hall–Kier alpha value is -1.27. The molecule has 0 saturated carbocycles. The number of aryl methyl sites for hydroxylation is 1. The molecule has 0 aliphatic carbocycles. The van der Waals surface area contributed by atoms with Crippen LogP contribution in [0.3, 0.4) is 0 Å². The number of hydrogen-bond acceptors (Lipinski definition) is 6. The SMILES string of the molecule is C=Cc1ncc(CCCC)[nH]1.O=S(=O)(O)OS(=O)(=O)O. The van der Waals surface area contributed by atoms with Crippen molar-refractivity contribution in [1.82, 2.24) is 9.97 Å². The van der Waals surface area contributed by atoms with E-state index in [9.17, 15) is 16.8 Å². The average Bonchev–Trinajstić information content (AvgIpc) is 2.69. The van der Waals surface area contributed by atoms with Crippen molar-refractivity contribution in [1.29, 1.82) is 0 Å². The Morgan fingerprint density at radius 2 is 1.90 bits per heavy atom. The lowest BCUT2D eigenvalue weighted by atomic mass is 10.2. The van der Waals surface area contributed by atoms with E-state index in [0.29, 0.717) is 0 Å². The monoisotopic (exact) mass is 328 g/mol. The topological polar surface area (TPSA) is 147 Å². The highest BCUT2D eigenvalue weighted by atomic mass is 32.3. The smallest absolute Gasteiger partial charge is 0.342 e. The normalized spacial score (nSPS) is 11.6. The van der Waals surface area contributed by atoms with Crippen LogP contribution in [0.25, 0.3) is 6.08 Å².